The van der Waals surface area contributed by atoms with Crippen molar-refractivity contribution in [2.24, 2.45) is 0 Å². The van der Waals surface area contributed by atoms with Gasteiger partial charge in [0.15, 0.2) is 0 Å². The van der Waals surface area contributed by atoms with Crippen LogP contribution in [0.4, 0.5) is 0 Å². The van der Waals surface area contributed by atoms with Gasteiger partial charge in [0.2, 0.25) is 0 Å². The second kappa shape index (κ2) is 4.97. The van der Waals surface area contributed by atoms with E-state index >= 15 is 0 Å². The fraction of sp³-hybridized carbons (Fsp3) is 0.909. The number of hydrogen-bond acceptors (Lipinski definition) is 0. The normalized spacial score (nSPS) is 13.4. The summed E-state index contributed by atoms with van der Waals surface area (Å²) < 4.78 is 2.19. The molecular weight excluding hydrogens is 160 g/mol. The van der Waals surface area contributed by atoms with E-state index in [1.165, 1.54) is 26.1 Å². The second-order valence-corrected chi connectivity index (χ2v) is 5.60. The van der Waals surface area contributed by atoms with Crippen LogP contribution in [0.25, 0.3) is 0 Å². The molecule has 1 radical (unpaired) electrons. The van der Waals surface area contributed by atoms with Crippen molar-refractivity contribution >= 4 is 0 Å². The fourth-order valence-electron chi connectivity index (χ4n) is 1.51. The van der Waals surface area contributed by atoms with E-state index < -0.39 is 0 Å². The van der Waals surface area contributed by atoms with E-state index in [4.69, 9.17) is 0 Å². The highest BCUT2D eigenvalue weighted by Gasteiger charge is 2.15. The fourth-order valence-corrected chi connectivity index (χ4v) is 1.51. The predicted molar refractivity (Wildman–Crippen MR) is 59.3 cm³/mol. The summed E-state index contributed by atoms with van der Waals surface area (Å²) in [5, 5.41) is 0. The van der Waals surface area contributed by atoms with E-state index in [1.54, 1.807) is 0 Å². The zero-order chi connectivity index (χ0) is 10.5. The lowest BCUT2D eigenvalue weighted by Gasteiger charge is -2.31. The molecule has 0 saturated heterocycles. The summed E-state index contributed by atoms with van der Waals surface area (Å²) in [6, 6.07) is 0. The van der Waals surface area contributed by atoms with Crippen molar-refractivity contribution in [2.75, 3.05) is 54.9 Å². The van der Waals surface area contributed by atoms with Crippen LogP contribution in [0.2, 0.25) is 0 Å². The second-order valence-electron chi connectivity index (χ2n) is 5.60. The Kier molecular flexibility index (Phi) is 4.93. The topological polar surface area (TPSA) is 0 Å². The van der Waals surface area contributed by atoms with Crippen molar-refractivity contribution in [1.82, 2.24) is 0 Å². The molecule has 0 saturated carbocycles. The van der Waals surface area contributed by atoms with Crippen LogP contribution in [0.3, 0.4) is 0 Å². The minimum Gasteiger partial charge on any atom is -0.331 e. The minimum atomic E-state index is 1.04. The van der Waals surface area contributed by atoms with Gasteiger partial charge in [-0.25, -0.2) is 0 Å². The van der Waals surface area contributed by atoms with Crippen molar-refractivity contribution in [1.29, 1.82) is 0 Å². The molecule has 0 aromatic carbocycles. The number of hydrogen-bond donors (Lipinski definition) is 0. The zero-order valence-electron chi connectivity index (χ0n) is 10.1. The van der Waals surface area contributed by atoms with Crippen LogP contribution in [0, 0.1) is 6.92 Å². The van der Waals surface area contributed by atoms with E-state index in [0.29, 0.717) is 0 Å². The highest BCUT2D eigenvalue weighted by atomic mass is 15.3. The van der Waals surface area contributed by atoms with Crippen LogP contribution in [-0.4, -0.2) is 63.8 Å². The summed E-state index contributed by atoms with van der Waals surface area (Å²) in [6.45, 7) is 7.63. The Labute approximate surface area is 84.3 Å². The van der Waals surface area contributed by atoms with Crippen molar-refractivity contribution in [3.05, 3.63) is 6.92 Å². The molecule has 2 heteroatoms. The molecule has 2 nitrogen and oxygen atoms in total. The summed E-state index contributed by atoms with van der Waals surface area (Å²) in [6.07, 6.45) is 2.34. The number of quaternary nitrogens is 2. The highest BCUT2D eigenvalue weighted by Crippen LogP contribution is 2.03. The average Bonchev–Trinajstić information content (AvgIpc) is 1.82. The van der Waals surface area contributed by atoms with Gasteiger partial charge in [0, 0.05) is 6.42 Å². The molecule has 0 heterocycles. The summed E-state index contributed by atoms with van der Waals surface area (Å²) in [5.74, 6) is 0. The molecule has 0 N–H and O–H groups in total. The lowest BCUT2D eigenvalue weighted by atomic mass is 10.3. The Balaban J connectivity index is 3.63. The van der Waals surface area contributed by atoms with Crippen LogP contribution in [0.15, 0.2) is 0 Å². The summed E-state index contributed by atoms with van der Waals surface area (Å²) in [7, 11) is 11.3. The van der Waals surface area contributed by atoms with Gasteiger partial charge in [-0.15, -0.1) is 0 Å². The lowest BCUT2D eigenvalue weighted by Crippen LogP contribution is -2.44. The predicted octanol–water partition coefficient (Wildman–Crippen LogP) is 1.38. The van der Waals surface area contributed by atoms with Gasteiger partial charge in [0.1, 0.15) is 0 Å². The molecule has 0 aliphatic rings. The molecule has 79 valence electrons. The van der Waals surface area contributed by atoms with Crippen LogP contribution in [0.1, 0.15) is 12.8 Å². The van der Waals surface area contributed by atoms with Crippen LogP contribution >= 0.6 is 0 Å². The third-order valence-electron chi connectivity index (χ3n) is 2.36. The summed E-state index contributed by atoms with van der Waals surface area (Å²) in [5.41, 5.74) is 0. The quantitative estimate of drug-likeness (QED) is 0.551. The first kappa shape index (κ1) is 12.9. The molecule has 0 fully saturated rings. The first-order valence-corrected chi connectivity index (χ1v) is 5.18. The van der Waals surface area contributed by atoms with E-state index in [1.807, 2.05) is 0 Å². The maximum absolute atomic E-state index is 3.91. The van der Waals surface area contributed by atoms with E-state index in [0.717, 1.165) is 15.4 Å². The van der Waals surface area contributed by atoms with Gasteiger partial charge >= 0.3 is 0 Å². The average molecular weight is 187 g/mol. The molecule has 0 aliphatic heterocycles. The van der Waals surface area contributed by atoms with Crippen LogP contribution in [0.5, 0.6) is 0 Å². The third-order valence-corrected chi connectivity index (χ3v) is 2.36. The van der Waals surface area contributed by atoms with E-state index in [9.17, 15) is 0 Å². The SMILES string of the molecule is [CH2]CC[N+](C)(C)CCC[N+](C)(C)C. The Morgan fingerprint density at radius 2 is 1.38 bits per heavy atom. The monoisotopic (exact) mass is 187 g/mol. The van der Waals surface area contributed by atoms with Gasteiger partial charge in [0.25, 0.3) is 0 Å². The van der Waals surface area contributed by atoms with Crippen molar-refractivity contribution in [3.63, 3.8) is 0 Å². The van der Waals surface area contributed by atoms with E-state index in [2.05, 4.69) is 42.2 Å². The van der Waals surface area contributed by atoms with Gasteiger partial charge in [-0.05, 0) is 13.3 Å². The molecule has 0 amide bonds. The maximum atomic E-state index is 3.91. The largest absolute Gasteiger partial charge is 0.331 e. The van der Waals surface area contributed by atoms with E-state index in [-0.39, 0.29) is 0 Å². The summed E-state index contributed by atoms with van der Waals surface area (Å²) in [4.78, 5) is 0. The first-order valence-electron chi connectivity index (χ1n) is 5.18. The summed E-state index contributed by atoms with van der Waals surface area (Å²) >= 11 is 0. The van der Waals surface area contributed by atoms with Gasteiger partial charge in [0.05, 0.1) is 54.9 Å². The smallest absolute Gasteiger partial charge is 0.0836 e. The molecule has 0 atom stereocenters. The van der Waals surface area contributed by atoms with Crippen LogP contribution < -0.4 is 0 Å². The zero-order valence-corrected chi connectivity index (χ0v) is 10.1. The molecule has 13 heavy (non-hydrogen) atoms. The standard InChI is InChI=1S/C11H27N2/c1-7-9-13(5,6)11-8-10-12(2,3)4/h1,7-11H2,2-6H3/q+2. The first-order chi connectivity index (χ1) is 5.77. The molecule has 0 aliphatic carbocycles. The van der Waals surface area contributed by atoms with Gasteiger partial charge in [-0.1, -0.05) is 0 Å². The molecule has 0 rings (SSSR count). The Morgan fingerprint density at radius 1 is 0.846 bits per heavy atom. The Hall–Kier alpha value is -0.0800. The van der Waals surface area contributed by atoms with Gasteiger partial charge in [-0.3, -0.25) is 0 Å². The highest BCUT2D eigenvalue weighted by molar-refractivity contribution is 4.40. The number of rotatable bonds is 6. The molecular formula is C11H27N2+2. The number of nitrogens with zero attached hydrogens (tertiary/aromatic N) is 2. The van der Waals surface area contributed by atoms with Crippen molar-refractivity contribution in [3.8, 4) is 0 Å². The third kappa shape index (κ3) is 8.26. The molecule has 0 aromatic rings. The van der Waals surface area contributed by atoms with Gasteiger partial charge < -0.3 is 8.97 Å². The van der Waals surface area contributed by atoms with Crippen LogP contribution in [-0.2, 0) is 0 Å². The van der Waals surface area contributed by atoms with Crippen molar-refractivity contribution in [2.45, 2.75) is 12.8 Å². The molecule has 0 bridgehead atoms. The van der Waals surface area contributed by atoms with Gasteiger partial charge in [-0.2, -0.15) is 0 Å². The molecule has 0 unspecified atom stereocenters. The minimum absolute atomic E-state index is 1.04. The maximum Gasteiger partial charge on any atom is 0.0836 e. The Morgan fingerprint density at radius 3 is 1.77 bits per heavy atom. The molecule has 0 aromatic heterocycles. The molecule has 0 spiro atoms. The van der Waals surface area contributed by atoms with Crippen molar-refractivity contribution < 1.29 is 8.97 Å². The Bertz CT molecular complexity index is 134. The lowest BCUT2D eigenvalue weighted by molar-refractivity contribution is -0.901.